The van der Waals surface area contributed by atoms with Crippen molar-refractivity contribution in [2.45, 2.75) is 44.6 Å². The number of urea groups is 1. The molecule has 18 heavy (non-hydrogen) atoms. The highest BCUT2D eigenvalue weighted by Gasteiger charge is 2.34. The number of esters is 1. The van der Waals surface area contributed by atoms with Crippen LogP contribution in [0.1, 0.15) is 38.5 Å². The maximum Gasteiger partial charge on any atom is 0.317 e. The highest BCUT2D eigenvalue weighted by Crippen LogP contribution is 2.28. The number of carbonyl (C=O) groups excluding carboxylic acids is 2. The fraction of sp³-hybridized carbons (Fsp3) is 0.846. The van der Waals surface area contributed by atoms with Crippen LogP contribution in [0.25, 0.3) is 0 Å². The van der Waals surface area contributed by atoms with Crippen molar-refractivity contribution in [2.75, 3.05) is 20.2 Å². The van der Waals surface area contributed by atoms with E-state index in [2.05, 4.69) is 10.1 Å². The molecule has 1 N–H and O–H groups in total. The normalized spacial score (nSPS) is 25.1. The Kier molecular flexibility index (Phi) is 4.44. The first kappa shape index (κ1) is 13.2. The number of ether oxygens (including phenoxy) is 1. The summed E-state index contributed by atoms with van der Waals surface area (Å²) in [5.74, 6) is 0.356. The van der Waals surface area contributed by atoms with Crippen LogP contribution in [0.15, 0.2) is 0 Å². The average molecular weight is 254 g/mol. The Morgan fingerprint density at radius 3 is 2.78 bits per heavy atom. The standard InChI is InChI=1S/C13H22N2O3/c1-18-12(16)7-8-15-9-11(14-13(15)17)10-5-3-2-4-6-10/h10-11H,2-9H2,1H3,(H,14,17). The van der Waals surface area contributed by atoms with Crippen LogP contribution in [0.2, 0.25) is 0 Å². The molecule has 1 atom stereocenters. The van der Waals surface area contributed by atoms with E-state index < -0.39 is 0 Å². The van der Waals surface area contributed by atoms with E-state index in [0.29, 0.717) is 12.5 Å². The van der Waals surface area contributed by atoms with Crippen molar-refractivity contribution in [2.24, 2.45) is 5.92 Å². The Morgan fingerprint density at radius 1 is 1.39 bits per heavy atom. The summed E-state index contributed by atoms with van der Waals surface area (Å²) in [5.41, 5.74) is 0. The lowest BCUT2D eigenvalue weighted by Crippen LogP contribution is -2.35. The lowest BCUT2D eigenvalue weighted by Gasteiger charge is -2.26. The molecule has 0 spiro atoms. The Morgan fingerprint density at radius 2 is 2.11 bits per heavy atom. The van der Waals surface area contributed by atoms with Crippen LogP contribution in [-0.2, 0) is 9.53 Å². The fourth-order valence-corrected chi connectivity index (χ4v) is 2.94. The Bertz CT molecular complexity index is 313. The van der Waals surface area contributed by atoms with Gasteiger partial charge in [0.25, 0.3) is 0 Å². The molecule has 2 fully saturated rings. The summed E-state index contributed by atoms with van der Waals surface area (Å²) in [6.07, 6.45) is 6.59. The molecule has 5 heteroatoms. The van der Waals surface area contributed by atoms with Gasteiger partial charge in [0.2, 0.25) is 0 Å². The molecule has 1 aliphatic heterocycles. The quantitative estimate of drug-likeness (QED) is 0.774. The van der Waals surface area contributed by atoms with Gasteiger partial charge in [-0.3, -0.25) is 4.79 Å². The third kappa shape index (κ3) is 3.15. The largest absolute Gasteiger partial charge is 0.469 e. The summed E-state index contributed by atoms with van der Waals surface area (Å²) < 4.78 is 4.59. The smallest absolute Gasteiger partial charge is 0.317 e. The predicted molar refractivity (Wildman–Crippen MR) is 67.1 cm³/mol. The van der Waals surface area contributed by atoms with Gasteiger partial charge in [-0.15, -0.1) is 0 Å². The van der Waals surface area contributed by atoms with E-state index in [1.165, 1.54) is 39.2 Å². The van der Waals surface area contributed by atoms with Gasteiger partial charge in [-0.1, -0.05) is 19.3 Å². The maximum atomic E-state index is 11.8. The van der Waals surface area contributed by atoms with Gasteiger partial charge >= 0.3 is 12.0 Å². The Labute approximate surface area is 108 Å². The molecule has 2 amide bonds. The number of nitrogens with one attached hydrogen (secondary N) is 1. The molecule has 1 saturated carbocycles. The number of carbonyl (C=O) groups is 2. The third-order valence-electron chi connectivity index (χ3n) is 4.05. The van der Waals surface area contributed by atoms with Gasteiger partial charge in [0, 0.05) is 13.1 Å². The Hall–Kier alpha value is -1.26. The molecule has 0 aromatic rings. The number of hydrogen-bond donors (Lipinski definition) is 1. The van der Waals surface area contributed by atoms with Crippen molar-refractivity contribution in [1.29, 1.82) is 0 Å². The van der Waals surface area contributed by atoms with Gasteiger partial charge in [-0.25, -0.2) is 4.79 Å². The van der Waals surface area contributed by atoms with E-state index >= 15 is 0 Å². The molecule has 2 aliphatic rings. The molecule has 1 unspecified atom stereocenters. The highest BCUT2D eigenvalue weighted by molar-refractivity contribution is 5.78. The summed E-state index contributed by atoms with van der Waals surface area (Å²) in [7, 11) is 1.37. The van der Waals surface area contributed by atoms with E-state index in [9.17, 15) is 9.59 Å². The average Bonchev–Trinajstić information content (AvgIpc) is 2.78. The van der Waals surface area contributed by atoms with Crippen LogP contribution >= 0.6 is 0 Å². The number of hydrogen-bond acceptors (Lipinski definition) is 3. The molecular weight excluding hydrogens is 232 g/mol. The van der Waals surface area contributed by atoms with Crippen molar-refractivity contribution in [3.63, 3.8) is 0 Å². The molecule has 0 radical (unpaired) electrons. The predicted octanol–water partition coefficient (Wildman–Crippen LogP) is 1.52. The van der Waals surface area contributed by atoms with Gasteiger partial charge in [0.1, 0.15) is 0 Å². The number of rotatable bonds is 4. The minimum absolute atomic E-state index is 0.0329. The van der Waals surface area contributed by atoms with E-state index in [4.69, 9.17) is 0 Å². The topological polar surface area (TPSA) is 58.6 Å². The second-order valence-electron chi connectivity index (χ2n) is 5.23. The van der Waals surface area contributed by atoms with Crippen molar-refractivity contribution in [3.05, 3.63) is 0 Å². The molecule has 0 bridgehead atoms. The fourth-order valence-electron chi connectivity index (χ4n) is 2.94. The molecule has 5 nitrogen and oxygen atoms in total. The molecular formula is C13H22N2O3. The van der Waals surface area contributed by atoms with Gasteiger partial charge < -0.3 is 15.0 Å². The molecule has 0 aromatic heterocycles. The minimum Gasteiger partial charge on any atom is -0.469 e. The zero-order chi connectivity index (χ0) is 13.0. The third-order valence-corrected chi connectivity index (χ3v) is 4.05. The summed E-state index contributed by atoms with van der Waals surface area (Å²) >= 11 is 0. The van der Waals surface area contributed by atoms with Gasteiger partial charge in [-0.2, -0.15) is 0 Å². The van der Waals surface area contributed by atoms with Crippen LogP contribution in [0.4, 0.5) is 4.79 Å². The van der Waals surface area contributed by atoms with Gasteiger partial charge in [0.15, 0.2) is 0 Å². The first-order chi connectivity index (χ1) is 8.70. The van der Waals surface area contributed by atoms with Crippen molar-refractivity contribution in [1.82, 2.24) is 10.2 Å². The van der Waals surface area contributed by atoms with Gasteiger partial charge in [0.05, 0.1) is 19.6 Å². The molecule has 2 rings (SSSR count). The summed E-state index contributed by atoms with van der Waals surface area (Å²) in [6.45, 7) is 1.20. The number of methoxy groups -OCH3 is 1. The summed E-state index contributed by atoms with van der Waals surface area (Å²) in [6, 6.07) is 0.241. The van der Waals surface area contributed by atoms with Crippen LogP contribution in [0, 0.1) is 5.92 Å². The number of nitrogens with zero attached hydrogens (tertiary/aromatic N) is 1. The van der Waals surface area contributed by atoms with Crippen LogP contribution in [-0.4, -0.2) is 43.1 Å². The zero-order valence-corrected chi connectivity index (χ0v) is 11.0. The van der Waals surface area contributed by atoms with Crippen molar-refractivity contribution in [3.8, 4) is 0 Å². The summed E-state index contributed by atoms with van der Waals surface area (Å²) in [4.78, 5) is 24.6. The lowest BCUT2D eigenvalue weighted by atomic mass is 9.84. The van der Waals surface area contributed by atoms with Crippen LogP contribution in [0.5, 0.6) is 0 Å². The van der Waals surface area contributed by atoms with E-state index in [0.717, 1.165) is 6.54 Å². The molecule has 1 saturated heterocycles. The monoisotopic (exact) mass is 254 g/mol. The van der Waals surface area contributed by atoms with Gasteiger partial charge in [-0.05, 0) is 18.8 Å². The SMILES string of the molecule is COC(=O)CCN1CC(C2CCCCC2)NC1=O. The Balaban J connectivity index is 1.80. The number of amides is 2. The molecule has 102 valence electrons. The second kappa shape index (κ2) is 6.07. The molecule has 1 aliphatic carbocycles. The first-order valence-corrected chi connectivity index (χ1v) is 6.83. The minimum atomic E-state index is -0.260. The van der Waals surface area contributed by atoms with E-state index in [1.54, 1.807) is 4.90 Å². The summed E-state index contributed by atoms with van der Waals surface area (Å²) in [5, 5.41) is 3.05. The highest BCUT2D eigenvalue weighted by atomic mass is 16.5. The maximum absolute atomic E-state index is 11.8. The van der Waals surface area contributed by atoms with Crippen LogP contribution in [0.3, 0.4) is 0 Å². The van der Waals surface area contributed by atoms with E-state index in [-0.39, 0.29) is 24.5 Å². The van der Waals surface area contributed by atoms with Crippen LogP contribution < -0.4 is 5.32 Å². The second-order valence-corrected chi connectivity index (χ2v) is 5.23. The van der Waals surface area contributed by atoms with E-state index in [1.807, 2.05) is 0 Å². The van der Waals surface area contributed by atoms with Crippen molar-refractivity contribution < 1.29 is 14.3 Å². The zero-order valence-electron chi connectivity index (χ0n) is 11.0. The van der Waals surface area contributed by atoms with Crippen molar-refractivity contribution >= 4 is 12.0 Å². The lowest BCUT2D eigenvalue weighted by molar-refractivity contribution is -0.140. The first-order valence-electron chi connectivity index (χ1n) is 6.83. The molecule has 1 heterocycles. The molecule has 0 aromatic carbocycles.